The third-order valence-corrected chi connectivity index (χ3v) is 4.47. The lowest BCUT2D eigenvalue weighted by atomic mass is 10.1. The molecule has 9 heteroatoms. The maximum Gasteiger partial charge on any atom is 0.408 e. The van der Waals surface area contributed by atoms with Crippen LogP contribution >= 0.6 is 23.2 Å². The van der Waals surface area contributed by atoms with Crippen molar-refractivity contribution in [3.63, 3.8) is 0 Å². The third-order valence-electron chi connectivity index (χ3n) is 4.04. The molecule has 2 rings (SSSR count). The van der Waals surface area contributed by atoms with Crippen LogP contribution in [0.15, 0.2) is 42.5 Å². The first-order valence-electron chi connectivity index (χ1n) is 9.99. The number of amides is 2. The summed E-state index contributed by atoms with van der Waals surface area (Å²) in [5, 5.41) is 6.03. The van der Waals surface area contributed by atoms with Crippen molar-refractivity contribution in [2.75, 3.05) is 11.9 Å². The highest BCUT2D eigenvalue weighted by molar-refractivity contribution is 6.35. The molecule has 32 heavy (non-hydrogen) atoms. The Morgan fingerprint density at radius 2 is 1.59 bits per heavy atom. The molecule has 0 saturated carbocycles. The SMILES string of the molecule is CCOC(=O)[C@H](Cc1ccc(NC(=O)c2cc(Cl)cc(Cl)c2)cc1)NC(=O)OC(C)(C)C. The van der Waals surface area contributed by atoms with E-state index in [4.69, 9.17) is 32.7 Å². The van der Waals surface area contributed by atoms with Gasteiger partial charge in [-0.25, -0.2) is 9.59 Å². The molecule has 2 amide bonds. The molecule has 1 atom stereocenters. The van der Waals surface area contributed by atoms with Gasteiger partial charge in [-0.2, -0.15) is 0 Å². The van der Waals surface area contributed by atoms with Crippen LogP contribution in [0.2, 0.25) is 10.0 Å². The Labute approximate surface area is 197 Å². The average molecular weight is 481 g/mol. The number of esters is 1. The second kappa shape index (κ2) is 11.2. The average Bonchev–Trinajstić information content (AvgIpc) is 2.67. The predicted molar refractivity (Wildman–Crippen MR) is 124 cm³/mol. The fourth-order valence-electron chi connectivity index (χ4n) is 2.73. The fourth-order valence-corrected chi connectivity index (χ4v) is 3.26. The molecule has 0 spiro atoms. The number of nitrogens with one attached hydrogen (secondary N) is 2. The van der Waals surface area contributed by atoms with E-state index in [0.29, 0.717) is 21.3 Å². The van der Waals surface area contributed by atoms with Gasteiger partial charge in [0, 0.05) is 27.7 Å². The number of hydrogen-bond acceptors (Lipinski definition) is 5. The second-order valence-electron chi connectivity index (χ2n) is 7.96. The summed E-state index contributed by atoms with van der Waals surface area (Å²) in [6, 6.07) is 10.5. The molecule has 7 nitrogen and oxygen atoms in total. The summed E-state index contributed by atoms with van der Waals surface area (Å²) in [5.74, 6) is -0.924. The summed E-state index contributed by atoms with van der Waals surface area (Å²) in [6.45, 7) is 7.07. The molecule has 172 valence electrons. The Kier molecular flexibility index (Phi) is 8.92. The molecule has 0 fully saturated rings. The lowest BCUT2D eigenvalue weighted by molar-refractivity contribution is -0.145. The largest absolute Gasteiger partial charge is 0.464 e. The molecule has 0 aliphatic rings. The molecule has 0 heterocycles. The number of ether oxygens (including phenoxy) is 2. The Morgan fingerprint density at radius 1 is 1.00 bits per heavy atom. The van der Waals surface area contributed by atoms with Gasteiger partial charge in [-0.15, -0.1) is 0 Å². The number of carbonyl (C=O) groups excluding carboxylic acids is 3. The van der Waals surface area contributed by atoms with Crippen LogP contribution < -0.4 is 10.6 Å². The lowest BCUT2D eigenvalue weighted by Crippen LogP contribution is -2.45. The van der Waals surface area contributed by atoms with E-state index in [9.17, 15) is 14.4 Å². The monoisotopic (exact) mass is 480 g/mol. The van der Waals surface area contributed by atoms with Crippen molar-refractivity contribution in [1.82, 2.24) is 5.32 Å². The molecule has 0 radical (unpaired) electrons. The number of alkyl carbamates (subject to hydrolysis) is 1. The lowest BCUT2D eigenvalue weighted by Gasteiger charge is -2.23. The van der Waals surface area contributed by atoms with Crippen molar-refractivity contribution in [1.29, 1.82) is 0 Å². The van der Waals surface area contributed by atoms with Gasteiger partial charge in [0.15, 0.2) is 0 Å². The zero-order valence-corrected chi connectivity index (χ0v) is 19.8. The van der Waals surface area contributed by atoms with E-state index in [2.05, 4.69) is 10.6 Å². The van der Waals surface area contributed by atoms with Crippen LogP contribution in [0.25, 0.3) is 0 Å². The summed E-state index contributed by atoms with van der Waals surface area (Å²) in [4.78, 5) is 36.8. The minimum atomic E-state index is -0.918. The van der Waals surface area contributed by atoms with Gasteiger partial charge in [0.1, 0.15) is 11.6 Å². The van der Waals surface area contributed by atoms with Gasteiger partial charge < -0.3 is 20.1 Å². The van der Waals surface area contributed by atoms with Gasteiger partial charge in [-0.1, -0.05) is 35.3 Å². The topological polar surface area (TPSA) is 93.7 Å². The minimum Gasteiger partial charge on any atom is -0.464 e. The maximum atomic E-state index is 12.4. The molecule has 2 N–H and O–H groups in total. The number of rotatable bonds is 7. The van der Waals surface area contributed by atoms with E-state index in [1.807, 2.05) is 0 Å². The van der Waals surface area contributed by atoms with Crippen molar-refractivity contribution in [2.45, 2.75) is 45.8 Å². The standard InChI is InChI=1S/C23H26Cl2N2O5/c1-5-31-21(29)19(27-22(30)32-23(2,3)4)10-14-6-8-18(9-7-14)26-20(28)15-11-16(24)13-17(25)12-15/h6-9,11-13,19H,5,10H2,1-4H3,(H,26,28)(H,27,30)/t19-/m0/s1. The van der Waals surface area contributed by atoms with Crippen LogP contribution in [0.4, 0.5) is 10.5 Å². The van der Waals surface area contributed by atoms with Crippen molar-refractivity contribution >= 4 is 46.9 Å². The van der Waals surface area contributed by atoms with Crippen molar-refractivity contribution < 1.29 is 23.9 Å². The van der Waals surface area contributed by atoms with Crippen molar-refractivity contribution in [3.8, 4) is 0 Å². The van der Waals surface area contributed by atoms with Crippen LogP contribution in [0.3, 0.4) is 0 Å². The molecular weight excluding hydrogens is 455 g/mol. The highest BCUT2D eigenvalue weighted by Gasteiger charge is 2.25. The van der Waals surface area contributed by atoms with Gasteiger partial charge in [0.2, 0.25) is 0 Å². The Hall–Kier alpha value is -2.77. The van der Waals surface area contributed by atoms with Gasteiger partial charge >= 0.3 is 12.1 Å². The van der Waals surface area contributed by atoms with Crippen LogP contribution in [0.5, 0.6) is 0 Å². The van der Waals surface area contributed by atoms with Crippen LogP contribution in [-0.4, -0.2) is 36.2 Å². The quantitative estimate of drug-likeness (QED) is 0.528. The molecule has 0 aliphatic carbocycles. The van der Waals surface area contributed by atoms with Gasteiger partial charge in [0.25, 0.3) is 5.91 Å². The fraction of sp³-hybridized carbons (Fsp3) is 0.348. The van der Waals surface area contributed by atoms with E-state index in [1.165, 1.54) is 12.1 Å². The first-order chi connectivity index (χ1) is 15.0. The van der Waals surface area contributed by atoms with E-state index in [-0.39, 0.29) is 18.9 Å². The molecule has 0 unspecified atom stereocenters. The zero-order valence-electron chi connectivity index (χ0n) is 18.3. The number of carbonyl (C=O) groups is 3. The number of anilines is 1. The normalized spacial score (nSPS) is 11.9. The molecule has 0 saturated heterocycles. The highest BCUT2D eigenvalue weighted by atomic mass is 35.5. The van der Waals surface area contributed by atoms with E-state index < -0.39 is 23.7 Å². The molecule has 2 aromatic rings. The van der Waals surface area contributed by atoms with E-state index >= 15 is 0 Å². The molecule has 0 aromatic heterocycles. The molecule has 0 aliphatic heterocycles. The maximum absolute atomic E-state index is 12.4. The minimum absolute atomic E-state index is 0.184. The smallest absolute Gasteiger partial charge is 0.408 e. The summed E-state index contributed by atoms with van der Waals surface area (Å²) >= 11 is 11.9. The van der Waals surface area contributed by atoms with Crippen LogP contribution in [0, 0.1) is 0 Å². The van der Waals surface area contributed by atoms with E-state index in [0.717, 1.165) is 5.56 Å². The number of benzene rings is 2. The first-order valence-corrected chi connectivity index (χ1v) is 10.7. The summed E-state index contributed by atoms with van der Waals surface area (Å²) < 4.78 is 10.3. The van der Waals surface area contributed by atoms with Gasteiger partial charge in [-0.05, 0) is 63.6 Å². The van der Waals surface area contributed by atoms with Crippen LogP contribution in [-0.2, 0) is 20.7 Å². The predicted octanol–water partition coefficient (Wildman–Crippen LogP) is 5.24. The Balaban J connectivity index is 2.07. The summed E-state index contributed by atoms with van der Waals surface area (Å²) in [7, 11) is 0. The highest BCUT2D eigenvalue weighted by Crippen LogP contribution is 2.20. The Bertz CT molecular complexity index is 951. The first kappa shape index (κ1) is 25.5. The molecule has 0 bridgehead atoms. The molecule has 2 aromatic carbocycles. The summed E-state index contributed by atoms with van der Waals surface area (Å²) in [5.41, 5.74) is 0.928. The van der Waals surface area contributed by atoms with Gasteiger partial charge in [-0.3, -0.25) is 4.79 Å². The number of halogens is 2. The Morgan fingerprint density at radius 3 is 2.12 bits per heavy atom. The molecular formula is C23H26Cl2N2O5. The summed E-state index contributed by atoms with van der Waals surface area (Å²) in [6.07, 6.45) is -0.518. The van der Waals surface area contributed by atoms with Gasteiger partial charge in [0.05, 0.1) is 6.61 Å². The number of hydrogen-bond donors (Lipinski definition) is 2. The van der Waals surface area contributed by atoms with Crippen LogP contribution in [0.1, 0.15) is 43.6 Å². The third kappa shape index (κ3) is 8.40. The second-order valence-corrected chi connectivity index (χ2v) is 8.84. The van der Waals surface area contributed by atoms with Crippen molar-refractivity contribution in [2.24, 2.45) is 0 Å². The van der Waals surface area contributed by atoms with Crippen molar-refractivity contribution in [3.05, 3.63) is 63.6 Å². The van der Waals surface area contributed by atoms with E-state index in [1.54, 1.807) is 58.0 Å². The zero-order chi connectivity index (χ0) is 23.9.